The van der Waals surface area contributed by atoms with Crippen LogP contribution in [0.5, 0.6) is 0 Å². The van der Waals surface area contributed by atoms with Crippen LogP contribution in [0.2, 0.25) is 0 Å². The highest BCUT2D eigenvalue weighted by atomic mass is 16.6. The maximum atomic E-state index is 12.1. The second-order valence-corrected chi connectivity index (χ2v) is 4.72. The number of rotatable bonds is 7. The normalized spacial score (nSPS) is 12.2. The average Bonchev–Trinajstić information content (AvgIpc) is 2.83. The largest absolute Gasteiger partial charge is 0.480 e. The van der Waals surface area contributed by atoms with Crippen LogP contribution in [-0.4, -0.2) is 44.2 Å². The van der Waals surface area contributed by atoms with E-state index in [0.29, 0.717) is 0 Å². The van der Waals surface area contributed by atoms with Crippen molar-refractivity contribution in [2.75, 3.05) is 6.61 Å². The van der Waals surface area contributed by atoms with Crippen LogP contribution in [0.1, 0.15) is 36.8 Å². The molecular weight excluding hydrogens is 282 g/mol. The minimum Gasteiger partial charge on any atom is -0.480 e. The van der Waals surface area contributed by atoms with Crippen LogP contribution in [-0.2, 0) is 4.79 Å². The topological polar surface area (TPSA) is 135 Å². The fourth-order valence-corrected chi connectivity index (χ4v) is 1.79. The molecule has 9 heteroatoms. The lowest BCUT2D eigenvalue weighted by Gasteiger charge is -2.15. The number of hydrogen-bond acceptors (Lipinski definition) is 5. The van der Waals surface area contributed by atoms with E-state index in [1.165, 1.54) is 10.8 Å². The second-order valence-electron chi connectivity index (χ2n) is 4.72. The first-order valence-corrected chi connectivity index (χ1v) is 6.28. The van der Waals surface area contributed by atoms with Gasteiger partial charge in [0.15, 0.2) is 0 Å². The zero-order chi connectivity index (χ0) is 16.2. The van der Waals surface area contributed by atoms with Gasteiger partial charge in [0.1, 0.15) is 11.7 Å². The van der Waals surface area contributed by atoms with Crippen LogP contribution in [0.25, 0.3) is 0 Å². The number of carboxylic acid groups (broad SMARTS) is 1. The molecule has 0 saturated heterocycles. The molecule has 1 amide bonds. The summed E-state index contributed by atoms with van der Waals surface area (Å²) in [7, 11) is 0. The fourth-order valence-electron chi connectivity index (χ4n) is 1.79. The van der Waals surface area contributed by atoms with Crippen LogP contribution in [0.4, 0.5) is 5.69 Å². The molecule has 0 bridgehead atoms. The Kier molecular flexibility index (Phi) is 5.42. The molecule has 0 aliphatic carbocycles. The molecule has 0 aromatic carbocycles. The molecule has 3 N–H and O–H groups in total. The number of hydrogen-bond donors (Lipinski definition) is 3. The number of amides is 1. The van der Waals surface area contributed by atoms with Gasteiger partial charge in [-0.1, -0.05) is 0 Å². The number of aromatic nitrogens is 1. The summed E-state index contributed by atoms with van der Waals surface area (Å²) in [6.45, 7) is 3.08. The molecule has 0 aliphatic heterocycles. The molecule has 1 atom stereocenters. The monoisotopic (exact) mass is 299 g/mol. The third-order valence-corrected chi connectivity index (χ3v) is 2.86. The zero-order valence-corrected chi connectivity index (χ0v) is 11.6. The number of carbonyl (C=O) groups excluding carboxylic acids is 1. The van der Waals surface area contributed by atoms with Crippen LogP contribution < -0.4 is 5.32 Å². The highest BCUT2D eigenvalue weighted by molar-refractivity contribution is 5.96. The Labute approximate surface area is 120 Å². The summed E-state index contributed by atoms with van der Waals surface area (Å²) in [5.41, 5.74) is -0.247. The number of aliphatic hydroxyl groups excluding tert-OH is 1. The Bertz CT molecular complexity index is 551. The van der Waals surface area contributed by atoms with Gasteiger partial charge in [0.2, 0.25) is 0 Å². The second kappa shape index (κ2) is 6.84. The fraction of sp³-hybridized carbons (Fsp3) is 0.500. The summed E-state index contributed by atoms with van der Waals surface area (Å²) in [6.07, 6.45) is 1.08. The maximum absolute atomic E-state index is 12.1. The molecule has 1 rings (SSSR count). The zero-order valence-electron chi connectivity index (χ0n) is 11.6. The third-order valence-electron chi connectivity index (χ3n) is 2.86. The van der Waals surface area contributed by atoms with Crippen molar-refractivity contribution >= 4 is 17.6 Å². The minimum atomic E-state index is -1.28. The lowest BCUT2D eigenvalue weighted by atomic mass is 10.2. The van der Waals surface area contributed by atoms with Crippen LogP contribution in [0.3, 0.4) is 0 Å². The quantitative estimate of drug-likeness (QED) is 0.497. The van der Waals surface area contributed by atoms with E-state index in [4.69, 9.17) is 10.2 Å². The van der Waals surface area contributed by atoms with E-state index in [1.54, 1.807) is 13.8 Å². The molecule has 0 saturated carbocycles. The molecule has 0 radical (unpaired) electrons. The molecule has 21 heavy (non-hydrogen) atoms. The highest BCUT2D eigenvalue weighted by Gasteiger charge is 2.25. The summed E-state index contributed by atoms with van der Waals surface area (Å²) in [5.74, 6) is -2.02. The molecule has 0 fully saturated rings. The van der Waals surface area contributed by atoms with Gasteiger partial charge < -0.3 is 20.1 Å². The number of aliphatic hydroxyl groups is 1. The van der Waals surface area contributed by atoms with Crippen molar-refractivity contribution in [3.05, 3.63) is 28.1 Å². The van der Waals surface area contributed by atoms with Gasteiger partial charge in [0.05, 0.1) is 11.1 Å². The molecular formula is C12H17N3O6. The number of nitrogens with zero attached hydrogens (tertiary/aromatic N) is 2. The van der Waals surface area contributed by atoms with Crippen molar-refractivity contribution in [1.82, 2.24) is 9.88 Å². The average molecular weight is 299 g/mol. The molecule has 0 aliphatic rings. The molecule has 0 spiro atoms. The Morgan fingerprint density at radius 2 is 2.10 bits per heavy atom. The van der Waals surface area contributed by atoms with Crippen molar-refractivity contribution in [3.63, 3.8) is 0 Å². The van der Waals surface area contributed by atoms with E-state index in [-0.39, 0.29) is 23.8 Å². The number of carbonyl (C=O) groups is 2. The lowest BCUT2D eigenvalue weighted by Crippen LogP contribution is -2.42. The van der Waals surface area contributed by atoms with E-state index in [0.717, 1.165) is 6.07 Å². The van der Waals surface area contributed by atoms with Gasteiger partial charge in [0.25, 0.3) is 11.6 Å². The number of aliphatic carboxylic acids is 1. The van der Waals surface area contributed by atoms with Gasteiger partial charge in [-0.3, -0.25) is 14.9 Å². The van der Waals surface area contributed by atoms with Crippen LogP contribution >= 0.6 is 0 Å². The summed E-state index contributed by atoms with van der Waals surface area (Å²) < 4.78 is 1.39. The maximum Gasteiger partial charge on any atom is 0.326 e. The van der Waals surface area contributed by atoms with Crippen molar-refractivity contribution in [1.29, 1.82) is 0 Å². The first-order valence-electron chi connectivity index (χ1n) is 6.28. The van der Waals surface area contributed by atoms with Gasteiger partial charge in [-0.2, -0.15) is 0 Å². The summed E-state index contributed by atoms with van der Waals surface area (Å²) in [4.78, 5) is 33.2. The lowest BCUT2D eigenvalue weighted by molar-refractivity contribution is -0.384. The number of carboxylic acids is 1. The van der Waals surface area contributed by atoms with Gasteiger partial charge in [-0.15, -0.1) is 0 Å². The molecule has 9 nitrogen and oxygen atoms in total. The van der Waals surface area contributed by atoms with Crippen LogP contribution in [0.15, 0.2) is 12.3 Å². The minimum absolute atomic E-state index is 0.000824. The van der Waals surface area contributed by atoms with E-state index < -0.39 is 29.4 Å². The molecule has 1 unspecified atom stereocenters. The van der Waals surface area contributed by atoms with E-state index in [1.807, 2.05) is 0 Å². The predicted octanol–water partition coefficient (Wildman–Crippen LogP) is 0.543. The van der Waals surface area contributed by atoms with Crippen molar-refractivity contribution in [2.45, 2.75) is 32.4 Å². The summed E-state index contributed by atoms with van der Waals surface area (Å²) in [6, 6.07) is -0.370. The Morgan fingerprint density at radius 3 is 2.52 bits per heavy atom. The molecule has 1 heterocycles. The Hall–Kier alpha value is -2.42. The van der Waals surface area contributed by atoms with Gasteiger partial charge >= 0.3 is 5.97 Å². The van der Waals surface area contributed by atoms with E-state index >= 15 is 0 Å². The standard InChI is InChI=1S/C12H17N3O6/c1-7(2)14-6-8(15(20)21)5-10(14)11(17)13-9(3-4-16)12(18)19/h5-7,9,16H,3-4H2,1-2H3,(H,13,17)(H,18,19). The van der Waals surface area contributed by atoms with Crippen molar-refractivity contribution in [3.8, 4) is 0 Å². The van der Waals surface area contributed by atoms with Gasteiger partial charge in [-0.05, 0) is 13.8 Å². The predicted molar refractivity (Wildman–Crippen MR) is 72.1 cm³/mol. The van der Waals surface area contributed by atoms with Gasteiger partial charge in [0, 0.05) is 25.1 Å². The highest BCUT2D eigenvalue weighted by Crippen LogP contribution is 2.20. The van der Waals surface area contributed by atoms with E-state index in [2.05, 4.69) is 5.32 Å². The Morgan fingerprint density at radius 1 is 1.48 bits per heavy atom. The molecule has 1 aromatic rings. The SMILES string of the molecule is CC(C)n1cc([N+](=O)[O-])cc1C(=O)NC(CCO)C(=O)O. The van der Waals surface area contributed by atoms with Crippen molar-refractivity contribution in [2.24, 2.45) is 0 Å². The van der Waals surface area contributed by atoms with Crippen molar-refractivity contribution < 1.29 is 24.7 Å². The molecule has 1 aromatic heterocycles. The Balaban J connectivity index is 3.05. The van der Waals surface area contributed by atoms with E-state index in [9.17, 15) is 19.7 Å². The first-order chi connectivity index (χ1) is 9.77. The number of nitrogens with one attached hydrogen (secondary N) is 1. The third kappa shape index (κ3) is 4.02. The summed E-state index contributed by atoms with van der Waals surface area (Å²) in [5, 5.41) is 30.7. The number of nitro groups is 1. The van der Waals surface area contributed by atoms with Gasteiger partial charge in [-0.25, -0.2) is 4.79 Å². The summed E-state index contributed by atoms with van der Waals surface area (Å²) >= 11 is 0. The van der Waals surface area contributed by atoms with Crippen LogP contribution in [0, 0.1) is 10.1 Å². The smallest absolute Gasteiger partial charge is 0.326 e. The molecule has 116 valence electrons. The first kappa shape index (κ1) is 16.6.